The number of rotatable bonds is 5. The number of nitrogens with zero attached hydrogens (tertiary/aromatic N) is 3. The van der Waals surface area contributed by atoms with Crippen molar-refractivity contribution >= 4 is 16.9 Å². The molecule has 1 aromatic carbocycles. The van der Waals surface area contributed by atoms with Gasteiger partial charge in [-0.25, -0.2) is 4.98 Å². The van der Waals surface area contributed by atoms with Gasteiger partial charge in [0.2, 0.25) is 0 Å². The van der Waals surface area contributed by atoms with Crippen LogP contribution in [0.3, 0.4) is 0 Å². The molecule has 0 radical (unpaired) electrons. The Labute approximate surface area is 127 Å². The van der Waals surface area contributed by atoms with Crippen LogP contribution in [0.2, 0.25) is 0 Å². The first-order chi connectivity index (χ1) is 10.6. The number of para-hydroxylation sites is 2. The lowest BCUT2D eigenvalue weighted by atomic mass is 10.3. The molecule has 0 aliphatic rings. The van der Waals surface area contributed by atoms with Crippen molar-refractivity contribution in [3.8, 4) is 0 Å². The summed E-state index contributed by atoms with van der Waals surface area (Å²) in [4.78, 5) is 16.2. The minimum absolute atomic E-state index is 0.265. The first-order valence-electron chi connectivity index (χ1n) is 6.91. The van der Waals surface area contributed by atoms with Gasteiger partial charge < -0.3 is 14.4 Å². The Kier molecular flexibility index (Phi) is 3.74. The average Bonchev–Trinajstić information content (AvgIpc) is 3.13. The molecule has 3 aromatic rings. The van der Waals surface area contributed by atoms with E-state index in [-0.39, 0.29) is 11.6 Å². The van der Waals surface area contributed by atoms with Crippen LogP contribution < -0.4 is 5.32 Å². The molecule has 6 heteroatoms. The average molecular weight is 296 g/mol. The number of carbonyl (C=O) groups is 1. The van der Waals surface area contributed by atoms with Gasteiger partial charge >= 0.3 is 0 Å². The van der Waals surface area contributed by atoms with E-state index in [9.17, 15) is 4.79 Å². The van der Waals surface area contributed by atoms with E-state index in [1.54, 1.807) is 12.4 Å². The molecule has 0 atom stereocenters. The molecular formula is C16H16N4O2. The van der Waals surface area contributed by atoms with Crippen molar-refractivity contribution in [3.63, 3.8) is 0 Å². The summed E-state index contributed by atoms with van der Waals surface area (Å²) in [6.45, 7) is 6.48. The molecule has 2 aromatic heterocycles. The van der Waals surface area contributed by atoms with Gasteiger partial charge in [-0.3, -0.25) is 4.79 Å². The van der Waals surface area contributed by atoms with Crippen molar-refractivity contribution in [2.75, 3.05) is 6.54 Å². The molecule has 3 rings (SSSR count). The summed E-state index contributed by atoms with van der Waals surface area (Å²) in [5, 5.41) is 6.52. The first kappa shape index (κ1) is 14.1. The number of aromatic nitrogens is 3. The Bertz CT molecular complexity index is 831. The van der Waals surface area contributed by atoms with E-state index >= 15 is 0 Å². The molecule has 0 fully saturated rings. The molecule has 6 nitrogen and oxygen atoms in total. The molecule has 1 amide bonds. The number of imidazole rings is 1. The third-order valence-corrected chi connectivity index (χ3v) is 3.20. The van der Waals surface area contributed by atoms with Crippen LogP contribution in [0, 0.1) is 0 Å². The van der Waals surface area contributed by atoms with Gasteiger partial charge in [0.05, 0.1) is 23.9 Å². The molecule has 0 saturated carbocycles. The van der Waals surface area contributed by atoms with Gasteiger partial charge in [0.25, 0.3) is 5.91 Å². The number of carbonyl (C=O) groups excluding carboxylic acids is 1. The molecule has 0 spiro atoms. The van der Waals surface area contributed by atoms with Gasteiger partial charge in [0, 0.05) is 12.6 Å². The van der Waals surface area contributed by atoms with Crippen molar-refractivity contribution < 1.29 is 9.32 Å². The second-order valence-corrected chi connectivity index (χ2v) is 5.18. The van der Waals surface area contributed by atoms with E-state index in [0.29, 0.717) is 18.8 Å². The van der Waals surface area contributed by atoms with Crippen LogP contribution in [0.1, 0.15) is 23.2 Å². The molecule has 0 aliphatic carbocycles. The zero-order valence-corrected chi connectivity index (χ0v) is 12.2. The maximum absolute atomic E-state index is 11.9. The SMILES string of the molecule is C=C(C)CNC(=O)c1cc(Cn2cnc3ccccc32)on1. The zero-order chi connectivity index (χ0) is 15.5. The van der Waals surface area contributed by atoms with Crippen molar-refractivity contribution in [2.24, 2.45) is 0 Å². The normalized spacial score (nSPS) is 10.8. The maximum atomic E-state index is 11.9. The fourth-order valence-electron chi connectivity index (χ4n) is 2.12. The van der Waals surface area contributed by atoms with E-state index < -0.39 is 0 Å². The summed E-state index contributed by atoms with van der Waals surface area (Å²) in [7, 11) is 0. The molecule has 2 heterocycles. The van der Waals surface area contributed by atoms with Gasteiger partial charge in [0.15, 0.2) is 11.5 Å². The predicted molar refractivity (Wildman–Crippen MR) is 82.5 cm³/mol. The summed E-state index contributed by atoms with van der Waals surface area (Å²) in [6, 6.07) is 9.47. The number of benzene rings is 1. The van der Waals surface area contributed by atoms with Gasteiger partial charge in [-0.15, -0.1) is 0 Å². The van der Waals surface area contributed by atoms with E-state index in [1.165, 1.54) is 0 Å². The van der Waals surface area contributed by atoms with Gasteiger partial charge in [-0.1, -0.05) is 29.4 Å². The van der Waals surface area contributed by atoms with Crippen LogP contribution >= 0.6 is 0 Å². The first-order valence-corrected chi connectivity index (χ1v) is 6.91. The molecule has 0 saturated heterocycles. The van der Waals surface area contributed by atoms with Crippen LogP contribution in [0.15, 0.2) is 53.3 Å². The quantitative estimate of drug-likeness (QED) is 0.734. The van der Waals surface area contributed by atoms with Crippen molar-refractivity contribution in [1.29, 1.82) is 0 Å². The van der Waals surface area contributed by atoms with Crippen LogP contribution in [-0.2, 0) is 6.54 Å². The second-order valence-electron chi connectivity index (χ2n) is 5.18. The third kappa shape index (κ3) is 2.90. The fraction of sp³-hybridized carbons (Fsp3) is 0.188. The highest BCUT2D eigenvalue weighted by molar-refractivity contribution is 5.92. The third-order valence-electron chi connectivity index (χ3n) is 3.20. The zero-order valence-electron chi connectivity index (χ0n) is 12.2. The summed E-state index contributed by atoms with van der Waals surface area (Å²) in [6.07, 6.45) is 1.74. The Morgan fingerprint density at radius 3 is 3.05 bits per heavy atom. The fourth-order valence-corrected chi connectivity index (χ4v) is 2.12. The van der Waals surface area contributed by atoms with E-state index in [0.717, 1.165) is 16.6 Å². The lowest BCUT2D eigenvalue weighted by molar-refractivity contribution is 0.0948. The Hall–Kier alpha value is -2.89. The highest BCUT2D eigenvalue weighted by Crippen LogP contribution is 2.14. The van der Waals surface area contributed by atoms with Gasteiger partial charge in [0.1, 0.15) is 0 Å². The van der Waals surface area contributed by atoms with Crippen LogP contribution in [-0.4, -0.2) is 27.2 Å². The summed E-state index contributed by atoms with van der Waals surface area (Å²) < 4.78 is 7.18. The number of hydrogen-bond donors (Lipinski definition) is 1. The van der Waals surface area contributed by atoms with Gasteiger partial charge in [-0.05, 0) is 19.1 Å². The van der Waals surface area contributed by atoms with Crippen molar-refractivity contribution in [3.05, 3.63) is 60.3 Å². The van der Waals surface area contributed by atoms with Crippen molar-refractivity contribution in [2.45, 2.75) is 13.5 Å². The minimum atomic E-state index is -0.270. The lowest BCUT2D eigenvalue weighted by Gasteiger charge is -2.00. The molecule has 1 N–H and O–H groups in total. The number of fused-ring (bicyclic) bond motifs is 1. The van der Waals surface area contributed by atoms with E-state index in [4.69, 9.17) is 4.52 Å². The highest BCUT2D eigenvalue weighted by Gasteiger charge is 2.13. The number of nitrogens with one attached hydrogen (secondary N) is 1. The Balaban J connectivity index is 1.74. The van der Waals surface area contributed by atoms with E-state index in [2.05, 4.69) is 22.0 Å². The second kappa shape index (κ2) is 5.85. The van der Waals surface area contributed by atoms with Gasteiger partial charge in [-0.2, -0.15) is 0 Å². The van der Waals surface area contributed by atoms with Crippen LogP contribution in [0.4, 0.5) is 0 Å². The number of hydrogen-bond acceptors (Lipinski definition) is 4. The van der Waals surface area contributed by atoms with E-state index in [1.807, 2.05) is 35.8 Å². The molecule has 112 valence electrons. The lowest BCUT2D eigenvalue weighted by Crippen LogP contribution is -2.25. The topological polar surface area (TPSA) is 73.0 Å². The molecule has 0 bridgehead atoms. The molecule has 22 heavy (non-hydrogen) atoms. The maximum Gasteiger partial charge on any atom is 0.273 e. The summed E-state index contributed by atoms with van der Waals surface area (Å²) in [5.74, 6) is 0.331. The predicted octanol–water partition coefficient (Wildman–Crippen LogP) is 2.38. The number of amides is 1. The Morgan fingerprint density at radius 1 is 1.41 bits per heavy atom. The smallest absolute Gasteiger partial charge is 0.273 e. The highest BCUT2D eigenvalue weighted by atomic mass is 16.5. The summed E-state index contributed by atoms with van der Waals surface area (Å²) >= 11 is 0. The summed E-state index contributed by atoms with van der Waals surface area (Å²) in [5.41, 5.74) is 3.07. The standard InChI is InChI=1S/C16H16N4O2/c1-11(2)8-17-16(21)14-7-12(22-19-14)9-20-10-18-13-5-3-4-6-15(13)20/h3-7,10H,1,8-9H2,2H3,(H,17,21). The largest absolute Gasteiger partial charge is 0.359 e. The molecule has 0 aliphatic heterocycles. The van der Waals surface area contributed by atoms with Crippen LogP contribution in [0.5, 0.6) is 0 Å². The van der Waals surface area contributed by atoms with Crippen LogP contribution in [0.25, 0.3) is 11.0 Å². The minimum Gasteiger partial charge on any atom is -0.359 e. The Morgan fingerprint density at radius 2 is 2.23 bits per heavy atom. The monoisotopic (exact) mass is 296 g/mol. The molecule has 0 unspecified atom stereocenters. The van der Waals surface area contributed by atoms with Crippen molar-refractivity contribution in [1.82, 2.24) is 20.0 Å². The molecular weight excluding hydrogens is 280 g/mol.